The Morgan fingerprint density at radius 1 is 0.944 bits per heavy atom. The van der Waals surface area contributed by atoms with Crippen LogP contribution < -0.4 is 0 Å². The lowest BCUT2D eigenvalue weighted by Crippen LogP contribution is -2.28. The number of hydrogen-bond acceptors (Lipinski definition) is 4. The molecular weight excluding hydrogens is 232 g/mol. The van der Waals surface area contributed by atoms with Crippen LogP contribution in [0.25, 0.3) is 0 Å². The Labute approximate surface area is 110 Å². The van der Waals surface area contributed by atoms with Gasteiger partial charge in [0.05, 0.1) is 17.4 Å². The Kier molecular flexibility index (Phi) is 5.84. The molecule has 0 aliphatic heterocycles. The highest BCUT2D eigenvalue weighted by Crippen LogP contribution is 2.18. The third-order valence-electron chi connectivity index (χ3n) is 2.29. The van der Waals surface area contributed by atoms with Gasteiger partial charge < -0.3 is 9.47 Å². The second-order valence-corrected chi connectivity index (χ2v) is 6.64. The van der Waals surface area contributed by atoms with Crippen LogP contribution in [0.1, 0.15) is 54.9 Å². The summed E-state index contributed by atoms with van der Waals surface area (Å²) >= 11 is 0. The number of esters is 2. The third kappa shape index (κ3) is 6.62. The van der Waals surface area contributed by atoms with Crippen molar-refractivity contribution in [1.29, 1.82) is 0 Å². The van der Waals surface area contributed by atoms with Crippen molar-refractivity contribution in [2.24, 2.45) is 10.8 Å². The first-order valence-corrected chi connectivity index (χ1v) is 6.33. The predicted molar refractivity (Wildman–Crippen MR) is 70.0 cm³/mol. The zero-order valence-corrected chi connectivity index (χ0v) is 12.6. The first-order valence-electron chi connectivity index (χ1n) is 6.33. The molecule has 106 valence electrons. The summed E-state index contributed by atoms with van der Waals surface area (Å²) < 4.78 is 10.4. The predicted octanol–water partition coefficient (Wildman–Crippen LogP) is 2.94. The van der Waals surface area contributed by atoms with Gasteiger partial charge in [0, 0.05) is 6.42 Å². The van der Waals surface area contributed by atoms with Gasteiger partial charge in [0.2, 0.25) is 0 Å². The highest BCUT2D eigenvalue weighted by Gasteiger charge is 2.26. The summed E-state index contributed by atoms with van der Waals surface area (Å²) in [5.74, 6) is -0.478. The van der Waals surface area contributed by atoms with Crippen LogP contribution in [0.2, 0.25) is 0 Å². The molecule has 0 rings (SSSR count). The van der Waals surface area contributed by atoms with E-state index in [0.717, 1.165) is 0 Å². The molecule has 0 fully saturated rings. The van der Waals surface area contributed by atoms with E-state index in [4.69, 9.17) is 9.47 Å². The maximum Gasteiger partial charge on any atom is 0.311 e. The SMILES string of the molecule is CC(CCOC(=O)C(C)(C)C)OC(=O)C(C)(C)C. The summed E-state index contributed by atoms with van der Waals surface area (Å²) in [4.78, 5) is 23.1. The highest BCUT2D eigenvalue weighted by molar-refractivity contribution is 5.76. The quantitative estimate of drug-likeness (QED) is 0.727. The summed E-state index contributed by atoms with van der Waals surface area (Å²) in [5.41, 5.74) is -0.998. The Balaban J connectivity index is 3.96. The summed E-state index contributed by atoms with van der Waals surface area (Å²) in [6.07, 6.45) is 0.272. The lowest BCUT2D eigenvalue weighted by Gasteiger charge is -2.21. The molecule has 1 unspecified atom stereocenters. The van der Waals surface area contributed by atoms with Crippen molar-refractivity contribution in [2.75, 3.05) is 6.61 Å². The maximum atomic E-state index is 11.6. The fraction of sp³-hybridized carbons (Fsp3) is 0.857. The number of rotatable bonds is 4. The fourth-order valence-corrected chi connectivity index (χ4v) is 0.953. The van der Waals surface area contributed by atoms with Crippen molar-refractivity contribution in [1.82, 2.24) is 0 Å². The van der Waals surface area contributed by atoms with E-state index in [9.17, 15) is 9.59 Å². The largest absolute Gasteiger partial charge is 0.465 e. The van der Waals surface area contributed by atoms with Gasteiger partial charge in [0.25, 0.3) is 0 Å². The van der Waals surface area contributed by atoms with Gasteiger partial charge in [0.15, 0.2) is 0 Å². The minimum absolute atomic E-state index is 0.239. The van der Waals surface area contributed by atoms with Crippen LogP contribution in [-0.4, -0.2) is 24.6 Å². The Morgan fingerprint density at radius 3 is 1.78 bits per heavy atom. The molecule has 0 aliphatic carbocycles. The van der Waals surface area contributed by atoms with Crippen molar-refractivity contribution >= 4 is 11.9 Å². The Morgan fingerprint density at radius 2 is 1.39 bits per heavy atom. The molecule has 0 saturated carbocycles. The van der Waals surface area contributed by atoms with Crippen LogP contribution >= 0.6 is 0 Å². The minimum Gasteiger partial charge on any atom is -0.465 e. The van der Waals surface area contributed by atoms with Gasteiger partial charge in [-0.25, -0.2) is 0 Å². The normalized spacial score (nSPS) is 13.9. The van der Waals surface area contributed by atoms with E-state index in [1.807, 2.05) is 20.8 Å². The summed E-state index contributed by atoms with van der Waals surface area (Å²) in [5, 5.41) is 0. The molecule has 0 spiro atoms. The monoisotopic (exact) mass is 258 g/mol. The molecule has 1 atom stereocenters. The van der Waals surface area contributed by atoms with E-state index in [0.29, 0.717) is 6.42 Å². The molecule has 18 heavy (non-hydrogen) atoms. The van der Waals surface area contributed by atoms with E-state index in [2.05, 4.69) is 0 Å². The lowest BCUT2D eigenvalue weighted by atomic mass is 9.97. The molecule has 0 bridgehead atoms. The molecule has 0 aromatic heterocycles. The highest BCUT2D eigenvalue weighted by atomic mass is 16.6. The zero-order valence-electron chi connectivity index (χ0n) is 12.6. The number of ether oxygens (including phenoxy) is 2. The van der Waals surface area contributed by atoms with Gasteiger partial charge in [-0.3, -0.25) is 9.59 Å². The van der Waals surface area contributed by atoms with E-state index in [1.165, 1.54) is 0 Å². The minimum atomic E-state index is -0.504. The van der Waals surface area contributed by atoms with Gasteiger partial charge in [-0.1, -0.05) is 0 Å². The topological polar surface area (TPSA) is 52.6 Å². The third-order valence-corrected chi connectivity index (χ3v) is 2.29. The van der Waals surface area contributed by atoms with Crippen molar-refractivity contribution in [3.8, 4) is 0 Å². The van der Waals surface area contributed by atoms with Crippen LogP contribution in [0, 0.1) is 10.8 Å². The summed E-state index contributed by atoms with van der Waals surface area (Å²) in [6, 6.07) is 0. The molecule has 0 aromatic carbocycles. The van der Waals surface area contributed by atoms with Gasteiger partial charge in [-0.15, -0.1) is 0 Å². The smallest absolute Gasteiger partial charge is 0.311 e. The van der Waals surface area contributed by atoms with Crippen molar-refractivity contribution in [3.05, 3.63) is 0 Å². The van der Waals surface area contributed by atoms with Crippen molar-refractivity contribution in [3.63, 3.8) is 0 Å². The standard InChI is InChI=1S/C14H26O4/c1-10(18-12(16)14(5,6)7)8-9-17-11(15)13(2,3)4/h10H,8-9H2,1-7H3. The molecular formula is C14H26O4. The van der Waals surface area contributed by atoms with Crippen molar-refractivity contribution in [2.45, 2.75) is 61.0 Å². The fourth-order valence-electron chi connectivity index (χ4n) is 0.953. The first kappa shape index (κ1) is 16.9. The van der Waals surface area contributed by atoms with E-state index in [-0.39, 0.29) is 24.6 Å². The van der Waals surface area contributed by atoms with Gasteiger partial charge in [0.1, 0.15) is 6.10 Å². The molecule has 0 amide bonds. The molecule has 0 radical (unpaired) electrons. The van der Waals surface area contributed by atoms with E-state index >= 15 is 0 Å². The van der Waals surface area contributed by atoms with Crippen LogP contribution in [-0.2, 0) is 19.1 Å². The zero-order chi connectivity index (χ0) is 14.6. The molecule has 0 aromatic rings. The van der Waals surface area contributed by atoms with Gasteiger partial charge in [-0.2, -0.15) is 0 Å². The average Bonchev–Trinajstić information content (AvgIpc) is 2.14. The Bertz CT molecular complexity index is 294. The van der Waals surface area contributed by atoms with Crippen molar-refractivity contribution < 1.29 is 19.1 Å². The molecule has 4 nitrogen and oxygen atoms in total. The van der Waals surface area contributed by atoms with Crippen LogP contribution in [0.5, 0.6) is 0 Å². The van der Waals surface area contributed by atoms with Gasteiger partial charge >= 0.3 is 11.9 Å². The molecule has 0 aliphatic rings. The van der Waals surface area contributed by atoms with E-state index in [1.54, 1.807) is 27.7 Å². The van der Waals surface area contributed by atoms with Gasteiger partial charge in [-0.05, 0) is 48.5 Å². The Hall–Kier alpha value is -1.06. The lowest BCUT2D eigenvalue weighted by molar-refractivity contribution is -0.160. The molecule has 4 heteroatoms. The number of hydrogen-bond donors (Lipinski definition) is 0. The first-order chi connectivity index (χ1) is 7.94. The van der Waals surface area contributed by atoms with Crippen LogP contribution in [0.15, 0.2) is 0 Å². The van der Waals surface area contributed by atoms with Crippen LogP contribution in [0.4, 0.5) is 0 Å². The average molecular weight is 258 g/mol. The second-order valence-electron chi connectivity index (χ2n) is 6.64. The molecule has 0 heterocycles. The maximum absolute atomic E-state index is 11.6. The molecule has 0 N–H and O–H groups in total. The summed E-state index contributed by atoms with van der Waals surface area (Å²) in [7, 11) is 0. The number of carbonyl (C=O) groups is 2. The summed E-state index contributed by atoms with van der Waals surface area (Å²) in [6.45, 7) is 12.9. The number of carbonyl (C=O) groups excluding carboxylic acids is 2. The molecule has 0 saturated heterocycles. The second kappa shape index (κ2) is 6.21. The van der Waals surface area contributed by atoms with Crippen LogP contribution in [0.3, 0.4) is 0 Å². The van der Waals surface area contributed by atoms with E-state index < -0.39 is 10.8 Å².